The van der Waals surface area contributed by atoms with Gasteiger partial charge in [0.2, 0.25) is 0 Å². The maximum Gasteiger partial charge on any atom is 0.182 e. The topological polar surface area (TPSA) is 12.0 Å². The van der Waals surface area contributed by atoms with Crippen molar-refractivity contribution >= 4 is 5.69 Å². The van der Waals surface area contributed by atoms with Crippen molar-refractivity contribution in [2.75, 3.05) is 5.32 Å². The van der Waals surface area contributed by atoms with Crippen molar-refractivity contribution in [3.8, 4) is 0 Å². The van der Waals surface area contributed by atoms with Crippen molar-refractivity contribution in [1.82, 2.24) is 0 Å². The molecule has 0 aromatic heterocycles. The zero-order chi connectivity index (χ0) is 13.1. The Morgan fingerprint density at radius 1 is 1.11 bits per heavy atom. The van der Waals surface area contributed by atoms with Gasteiger partial charge in [0, 0.05) is 18.2 Å². The molecule has 1 aromatic carbocycles. The van der Waals surface area contributed by atoms with Crippen LogP contribution >= 0.6 is 0 Å². The molecular weight excluding hydrogens is 239 g/mol. The Kier molecular flexibility index (Phi) is 4.15. The maximum absolute atomic E-state index is 13.5. The first-order valence-corrected chi connectivity index (χ1v) is 6.49. The van der Waals surface area contributed by atoms with Crippen LogP contribution in [0, 0.1) is 23.4 Å². The van der Waals surface area contributed by atoms with Crippen molar-refractivity contribution in [2.45, 2.75) is 45.1 Å². The van der Waals surface area contributed by atoms with Gasteiger partial charge in [0.15, 0.2) is 11.6 Å². The second-order valence-electron chi connectivity index (χ2n) is 5.08. The van der Waals surface area contributed by atoms with Gasteiger partial charge >= 0.3 is 0 Å². The molecule has 0 saturated heterocycles. The van der Waals surface area contributed by atoms with E-state index >= 15 is 0 Å². The van der Waals surface area contributed by atoms with E-state index in [-0.39, 0.29) is 11.7 Å². The van der Waals surface area contributed by atoms with Crippen LogP contribution < -0.4 is 5.32 Å². The smallest absolute Gasteiger partial charge is 0.182 e. The van der Waals surface area contributed by atoms with Crippen LogP contribution in [-0.4, -0.2) is 6.04 Å². The summed E-state index contributed by atoms with van der Waals surface area (Å²) in [4.78, 5) is 0. The molecule has 0 bridgehead atoms. The van der Waals surface area contributed by atoms with Crippen molar-refractivity contribution in [3.05, 3.63) is 29.6 Å². The number of hydrogen-bond donors (Lipinski definition) is 1. The van der Waals surface area contributed by atoms with Crippen LogP contribution in [-0.2, 0) is 0 Å². The van der Waals surface area contributed by atoms with Gasteiger partial charge in [-0.25, -0.2) is 13.2 Å². The van der Waals surface area contributed by atoms with Gasteiger partial charge in [-0.3, -0.25) is 0 Å². The normalized spacial score (nSPS) is 18.7. The molecule has 1 atom stereocenters. The van der Waals surface area contributed by atoms with Gasteiger partial charge in [0.1, 0.15) is 5.82 Å². The van der Waals surface area contributed by atoms with E-state index in [0.717, 1.165) is 18.9 Å². The average Bonchev–Trinajstić information content (AvgIpc) is 2.36. The van der Waals surface area contributed by atoms with E-state index in [1.807, 2.05) is 6.92 Å². The number of nitrogens with one attached hydrogen (secondary N) is 1. The zero-order valence-electron chi connectivity index (χ0n) is 10.5. The highest BCUT2D eigenvalue weighted by Crippen LogP contribution is 2.29. The zero-order valence-corrected chi connectivity index (χ0v) is 10.5. The summed E-state index contributed by atoms with van der Waals surface area (Å²) in [6.07, 6.45) is 5.78. The molecule has 0 radical (unpaired) electrons. The third-order valence-corrected chi connectivity index (χ3v) is 3.73. The van der Waals surface area contributed by atoms with Gasteiger partial charge in [-0.2, -0.15) is 0 Å². The minimum absolute atomic E-state index is 0.0287. The lowest BCUT2D eigenvalue weighted by molar-refractivity contribution is 0.327. The molecule has 1 unspecified atom stereocenters. The highest BCUT2D eigenvalue weighted by atomic mass is 19.2. The third kappa shape index (κ3) is 2.98. The lowest BCUT2D eigenvalue weighted by Gasteiger charge is -2.29. The number of rotatable bonds is 3. The Bertz CT molecular complexity index is 414. The lowest BCUT2D eigenvalue weighted by atomic mass is 9.84. The fraction of sp³-hybridized carbons (Fsp3) is 0.571. The van der Waals surface area contributed by atoms with Crippen molar-refractivity contribution in [3.63, 3.8) is 0 Å². The molecule has 1 aliphatic rings. The second kappa shape index (κ2) is 5.63. The summed E-state index contributed by atoms with van der Waals surface area (Å²) in [5.41, 5.74) is -0.0782. The Morgan fingerprint density at radius 2 is 1.78 bits per heavy atom. The summed E-state index contributed by atoms with van der Waals surface area (Å²) in [6, 6.07) is 1.60. The summed E-state index contributed by atoms with van der Waals surface area (Å²) in [5, 5.41) is 2.91. The molecule has 4 heteroatoms. The van der Waals surface area contributed by atoms with Crippen LogP contribution in [0.2, 0.25) is 0 Å². The van der Waals surface area contributed by atoms with Crippen LogP contribution in [0.25, 0.3) is 0 Å². The highest BCUT2D eigenvalue weighted by molar-refractivity contribution is 5.46. The van der Waals surface area contributed by atoms with Crippen LogP contribution in [0.15, 0.2) is 12.1 Å². The summed E-state index contributed by atoms with van der Waals surface area (Å²) >= 11 is 0. The van der Waals surface area contributed by atoms with Crippen molar-refractivity contribution in [1.29, 1.82) is 0 Å². The number of hydrogen-bond acceptors (Lipinski definition) is 1. The minimum atomic E-state index is -1.15. The first-order valence-electron chi connectivity index (χ1n) is 6.49. The molecular formula is C14H18F3N. The summed E-state index contributed by atoms with van der Waals surface area (Å²) in [7, 11) is 0. The Labute approximate surface area is 105 Å². The van der Waals surface area contributed by atoms with E-state index in [2.05, 4.69) is 5.32 Å². The average molecular weight is 257 g/mol. The Hall–Kier alpha value is -1.19. The quantitative estimate of drug-likeness (QED) is 0.787. The number of anilines is 1. The monoisotopic (exact) mass is 257 g/mol. The number of halogens is 3. The molecule has 0 spiro atoms. The fourth-order valence-electron chi connectivity index (χ4n) is 2.66. The lowest BCUT2D eigenvalue weighted by Crippen LogP contribution is -2.28. The van der Waals surface area contributed by atoms with Crippen LogP contribution in [0.4, 0.5) is 18.9 Å². The van der Waals surface area contributed by atoms with Gasteiger partial charge in [0.25, 0.3) is 0 Å². The summed E-state index contributed by atoms with van der Waals surface area (Å²) in [6.45, 7) is 1.94. The molecule has 1 fully saturated rings. The standard InChI is InChI=1S/C14H18F3N/c1-9(10-5-3-2-4-6-10)18-13-8-11(15)7-12(16)14(13)17/h7-10,18H,2-6H2,1H3. The van der Waals surface area contributed by atoms with Crippen LogP contribution in [0.1, 0.15) is 39.0 Å². The molecule has 18 heavy (non-hydrogen) atoms. The molecule has 0 amide bonds. The van der Waals surface area contributed by atoms with Gasteiger partial charge < -0.3 is 5.32 Å². The SMILES string of the molecule is CC(Nc1cc(F)cc(F)c1F)C1CCCCC1. The molecule has 1 N–H and O–H groups in total. The second-order valence-corrected chi connectivity index (χ2v) is 5.08. The van der Waals surface area contributed by atoms with Crippen molar-refractivity contribution in [2.24, 2.45) is 5.92 Å². The molecule has 1 nitrogen and oxygen atoms in total. The van der Waals surface area contributed by atoms with Crippen LogP contribution in [0.3, 0.4) is 0 Å². The molecule has 1 aliphatic carbocycles. The first kappa shape index (κ1) is 13.2. The van der Waals surface area contributed by atoms with E-state index < -0.39 is 17.5 Å². The minimum Gasteiger partial charge on any atom is -0.380 e. The molecule has 100 valence electrons. The van der Waals surface area contributed by atoms with Gasteiger partial charge in [-0.05, 0) is 25.7 Å². The molecule has 0 aliphatic heterocycles. The van der Waals surface area contributed by atoms with E-state index in [1.54, 1.807) is 0 Å². The molecule has 1 aromatic rings. The first-order chi connectivity index (χ1) is 8.58. The Morgan fingerprint density at radius 3 is 2.44 bits per heavy atom. The van der Waals surface area contributed by atoms with Gasteiger partial charge in [0.05, 0.1) is 5.69 Å². The Balaban J connectivity index is 2.08. The highest BCUT2D eigenvalue weighted by Gasteiger charge is 2.21. The predicted octanol–water partition coefficient (Wildman–Crippen LogP) is 4.48. The summed E-state index contributed by atoms with van der Waals surface area (Å²) in [5.74, 6) is -2.45. The van der Waals surface area contributed by atoms with E-state index in [1.165, 1.54) is 19.3 Å². The molecule has 1 saturated carbocycles. The summed E-state index contributed by atoms with van der Waals surface area (Å²) < 4.78 is 39.6. The molecule has 0 heterocycles. The van der Waals surface area contributed by atoms with E-state index in [4.69, 9.17) is 0 Å². The number of benzene rings is 1. The van der Waals surface area contributed by atoms with E-state index in [9.17, 15) is 13.2 Å². The predicted molar refractivity (Wildman–Crippen MR) is 66.0 cm³/mol. The van der Waals surface area contributed by atoms with Crippen molar-refractivity contribution < 1.29 is 13.2 Å². The molecule has 2 rings (SSSR count). The maximum atomic E-state index is 13.5. The fourth-order valence-corrected chi connectivity index (χ4v) is 2.66. The third-order valence-electron chi connectivity index (χ3n) is 3.73. The largest absolute Gasteiger partial charge is 0.380 e. The van der Waals surface area contributed by atoms with Gasteiger partial charge in [-0.15, -0.1) is 0 Å². The van der Waals surface area contributed by atoms with E-state index in [0.29, 0.717) is 12.0 Å². The van der Waals surface area contributed by atoms with Gasteiger partial charge in [-0.1, -0.05) is 19.3 Å². The van der Waals surface area contributed by atoms with Crippen LogP contribution in [0.5, 0.6) is 0 Å².